The average molecular weight is 377 g/mol. The first kappa shape index (κ1) is 18.3. The summed E-state index contributed by atoms with van der Waals surface area (Å²) in [5.74, 6) is 0.823. The number of ether oxygens (including phenoxy) is 1. The molecule has 3 aromatic rings. The van der Waals surface area contributed by atoms with E-state index in [4.69, 9.17) is 4.74 Å². The highest BCUT2D eigenvalue weighted by Crippen LogP contribution is 2.37. The van der Waals surface area contributed by atoms with Crippen LogP contribution in [0.2, 0.25) is 0 Å². The number of aryl methyl sites for hydroxylation is 1. The summed E-state index contributed by atoms with van der Waals surface area (Å²) in [6, 6.07) is 19.0. The van der Waals surface area contributed by atoms with E-state index >= 15 is 0 Å². The Morgan fingerprint density at radius 1 is 1.07 bits per heavy atom. The Balaban J connectivity index is 1.76. The van der Waals surface area contributed by atoms with Gasteiger partial charge in [-0.05, 0) is 36.2 Å². The van der Waals surface area contributed by atoms with E-state index < -0.39 is 0 Å². The Hall–Kier alpha value is -3.12. The zero-order chi connectivity index (χ0) is 19.5. The molecule has 6 nitrogen and oxygen atoms in total. The summed E-state index contributed by atoms with van der Waals surface area (Å²) in [5.41, 5.74) is 3.16. The highest BCUT2D eigenvalue weighted by molar-refractivity contribution is 5.46. The second kappa shape index (κ2) is 7.86. The fraction of sp³-hybridized carbons (Fsp3) is 0.273. The first-order valence-corrected chi connectivity index (χ1v) is 9.42. The quantitative estimate of drug-likeness (QED) is 0.488. The Bertz CT molecular complexity index is 965. The van der Waals surface area contributed by atoms with Crippen molar-refractivity contribution in [3.8, 4) is 5.75 Å². The van der Waals surface area contributed by atoms with E-state index in [9.17, 15) is 10.1 Å². The molecule has 28 heavy (non-hydrogen) atoms. The third-order valence-corrected chi connectivity index (χ3v) is 5.33. The fourth-order valence-electron chi connectivity index (χ4n) is 4.02. The molecule has 6 heteroatoms. The fourth-order valence-corrected chi connectivity index (χ4v) is 4.02. The van der Waals surface area contributed by atoms with Gasteiger partial charge < -0.3 is 9.30 Å². The van der Waals surface area contributed by atoms with E-state index in [1.807, 2.05) is 30.3 Å². The Labute approximate surface area is 164 Å². The molecule has 4 rings (SSSR count). The van der Waals surface area contributed by atoms with Gasteiger partial charge in [-0.15, -0.1) is 0 Å². The molecule has 1 unspecified atom stereocenters. The molecule has 0 saturated heterocycles. The molecular weight excluding hydrogens is 354 g/mol. The van der Waals surface area contributed by atoms with Gasteiger partial charge in [0.2, 0.25) is 0 Å². The van der Waals surface area contributed by atoms with Crippen LogP contribution in [-0.2, 0) is 13.1 Å². The number of nitrogens with zero attached hydrogens (tertiary/aromatic N) is 3. The predicted octanol–water partition coefficient (Wildman–Crippen LogP) is 4.40. The van der Waals surface area contributed by atoms with Crippen molar-refractivity contribution in [3.63, 3.8) is 0 Å². The molecule has 0 radical (unpaired) electrons. The van der Waals surface area contributed by atoms with Crippen molar-refractivity contribution in [1.82, 2.24) is 9.47 Å². The van der Waals surface area contributed by atoms with Crippen LogP contribution < -0.4 is 4.74 Å². The van der Waals surface area contributed by atoms with Crippen molar-refractivity contribution in [2.75, 3.05) is 13.7 Å². The van der Waals surface area contributed by atoms with Gasteiger partial charge >= 0.3 is 0 Å². The molecule has 2 heterocycles. The highest BCUT2D eigenvalue weighted by atomic mass is 16.6. The van der Waals surface area contributed by atoms with Gasteiger partial charge in [0.15, 0.2) is 0 Å². The van der Waals surface area contributed by atoms with E-state index in [1.165, 1.54) is 0 Å². The summed E-state index contributed by atoms with van der Waals surface area (Å²) >= 11 is 0. The van der Waals surface area contributed by atoms with Crippen molar-refractivity contribution in [2.24, 2.45) is 0 Å². The normalized spacial score (nSPS) is 17.0. The monoisotopic (exact) mass is 377 g/mol. The minimum absolute atomic E-state index is 0.166. The Morgan fingerprint density at radius 2 is 1.86 bits per heavy atom. The minimum Gasteiger partial charge on any atom is -0.497 e. The lowest BCUT2D eigenvalue weighted by atomic mass is 9.99. The second-order valence-electron chi connectivity index (χ2n) is 7.02. The topological polar surface area (TPSA) is 60.5 Å². The number of hydrogen-bond acceptors (Lipinski definition) is 4. The zero-order valence-corrected chi connectivity index (χ0v) is 15.8. The molecule has 0 aliphatic carbocycles. The molecular formula is C22H23N3O3. The largest absolute Gasteiger partial charge is 0.497 e. The number of methoxy groups -OCH3 is 1. The van der Waals surface area contributed by atoms with Gasteiger partial charge in [0.25, 0.3) is 5.69 Å². The summed E-state index contributed by atoms with van der Waals surface area (Å²) in [5, 5.41) is 11.7. The summed E-state index contributed by atoms with van der Waals surface area (Å²) in [7, 11) is 1.66. The number of benzene rings is 2. The summed E-state index contributed by atoms with van der Waals surface area (Å²) in [4.78, 5) is 13.8. The number of fused-ring (bicyclic) bond motifs is 1. The van der Waals surface area contributed by atoms with E-state index in [0.29, 0.717) is 6.54 Å². The van der Waals surface area contributed by atoms with Crippen LogP contribution in [0.3, 0.4) is 0 Å². The SMILES string of the molecule is COc1ccc(CN2CCCn3cccc3C2c2ccccc2[N+](=O)[O-])cc1. The van der Waals surface area contributed by atoms with E-state index in [2.05, 4.69) is 33.9 Å². The first-order valence-electron chi connectivity index (χ1n) is 9.42. The number of aromatic nitrogens is 1. The van der Waals surface area contributed by atoms with Gasteiger partial charge in [-0.25, -0.2) is 0 Å². The third-order valence-electron chi connectivity index (χ3n) is 5.33. The van der Waals surface area contributed by atoms with E-state index in [-0.39, 0.29) is 16.7 Å². The molecule has 2 aromatic carbocycles. The molecule has 0 bridgehead atoms. The lowest BCUT2D eigenvalue weighted by Crippen LogP contribution is -2.30. The Kier molecular flexibility index (Phi) is 5.12. The maximum absolute atomic E-state index is 11.7. The number of nitro benzene ring substituents is 1. The third kappa shape index (κ3) is 3.51. The molecule has 1 aromatic heterocycles. The van der Waals surface area contributed by atoms with Gasteiger partial charge in [0.05, 0.1) is 23.6 Å². The Morgan fingerprint density at radius 3 is 2.61 bits per heavy atom. The molecule has 0 amide bonds. The van der Waals surface area contributed by atoms with Crippen LogP contribution in [0.15, 0.2) is 66.9 Å². The van der Waals surface area contributed by atoms with Crippen molar-refractivity contribution >= 4 is 5.69 Å². The van der Waals surface area contributed by atoms with Gasteiger partial charge in [0.1, 0.15) is 5.75 Å². The smallest absolute Gasteiger partial charge is 0.274 e. The first-order chi connectivity index (χ1) is 13.7. The maximum atomic E-state index is 11.7. The average Bonchev–Trinajstić information content (AvgIpc) is 3.10. The zero-order valence-electron chi connectivity index (χ0n) is 15.8. The predicted molar refractivity (Wildman–Crippen MR) is 107 cm³/mol. The highest BCUT2D eigenvalue weighted by Gasteiger charge is 2.32. The molecule has 0 fully saturated rings. The van der Waals surface area contributed by atoms with Gasteiger partial charge in [-0.3, -0.25) is 15.0 Å². The van der Waals surface area contributed by atoms with Crippen LogP contribution in [0.1, 0.15) is 29.3 Å². The minimum atomic E-state index is -0.279. The molecule has 1 aliphatic heterocycles. The number of rotatable bonds is 5. The van der Waals surface area contributed by atoms with Gasteiger partial charge in [0, 0.05) is 37.6 Å². The van der Waals surface area contributed by atoms with E-state index in [0.717, 1.165) is 42.1 Å². The maximum Gasteiger partial charge on any atom is 0.274 e. The van der Waals surface area contributed by atoms with Crippen molar-refractivity contribution < 1.29 is 9.66 Å². The molecule has 1 aliphatic rings. The van der Waals surface area contributed by atoms with E-state index in [1.54, 1.807) is 19.2 Å². The summed E-state index contributed by atoms with van der Waals surface area (Å²) < 4.78 is 7.47. The standard InChI is InChI=1S/C22H23N3O3/c1-28-18-11-9-17(10-12-18)16-24-15-5-14-23-13-4-8-21(23)22(24)19-6-2-3-7-20(19)25(26)27/h2-4,6-13,22H,5,14-16H2,1H3. The molecule has 0 N–H and O–H groups in total. The van der Waals surface area contributed by atoms with Crippen LogP contribution >= 0.6 is 0 Å². The van der Waals surface area contributed by atoms with Crippen LogP contribution in [-0.4, -0.2) is 28.0 Å². The summed E-state index contributed by atoms with van der Waals surface area (Å²) in [6.45, 7) is 2.49. The number of nitro groups is 1. The van der Waals surface area contributed by atoms with Crippen molar-refractivity contribution in [3.05, 3.63) is 93.8 Å². The van der Waals surface area contributed by atoms with Gasteiger partial charge in [-0.2, -0.15) is 0 Å². The second-order valence-corrected chi connectivity index (χ2v) is 7.02. The van der Waals surface area contributed by atoms with Crippen LogP contribution in [0.4, 0.5) is 5.69 Å². The molecule has 144 valence electrons. The molecule has 0 spiro atoms. The number of para-hydroxylation sites is 1. The lowest BCUT2D eigenvalue weighted by molar-refractivity contribution is -0.385. The molecule has 1 atom stereocenters. The number of hydrogen-bond donors (Lipinski definition) is 0. The van der Waals surface area contributed by atoms with Crippen LogP contribution in [0, 0.1) is 10.1 Å². The van der Waals surface area contributed by atoms with Crippen LogP contribution in [0.5, 0.6) is 5.75 Å². The van der Waals surface area contributed by atoms with Crippen molar-refractivity contribution in [1.29, 1.82) is 0 Å². The lowest BCUT2D eigenvalue weighted by Gasteiger charge is -2.30. The summed E-state index contributed by atoms with van der Waals surface area (Å²) in [6.07, 6.45) is 3.06. The van der Waals surface area contributed by atoms with Gasteiger partial charge in [-0.1, -0.05) is 30.3 Å². The van der Waals surface area contributed by atoms with Crippen LogP contribution in [0.25, 0.3) is 0 Å². The van der Waals surface area contributed by atoms with Crippen molar-refractivity contribution in [2.45, 2.75) is 25.6 Å². The molecule has 0 saturated carbocycles.